The Morgan fingerprint density at radius 3 is 2.78 bits per heavy atom. The molecule has 3 rings (SSSR count). The molecule has 0 spiro atoms. The largest absolute Gasteiger partial charge is 0.497 e. The van der Waals surface area contributed by atoms with Crippen molar-refractivity contribution in [2.45, 2.75) is 0 Å². The number of nitrogens with one attached hydrogen (secondary N) is 1. The number of carbonyl (C=O) groups excluding carboxylic acids is 2. The Labute approximate surface area is 133 Å². The summed E-state index contributed by atoms with van der Waals surface area (Å²) < 4.78 is 10.0. The summed E-state index contributed by atoms with van der Waals surface area (Å²) in [6.07, 6.45) is -0.374. The van der Waals surface area contributed by atoms with Crippen LogP contribution in [0.4, 0.5) is 16.2 Å². The molecule has 0 atom stereocenters. The summed E-state index contributed by atoms with van der Waals surface area (Å²) in [6.45, 7) is 0.880. The van der Waals surface area contributed by atoms with E-state index in [1.807, 2.05) is 0 Å². The molecular weight excluding hydrogens is 296 g/mol. The van der Waals surface area contributed by atoms with Gasteiger partial charge in [-0.3, -0.25) is 9.69 Å². The first-order valence-corrected chi connectivity index (χ1v) is 7.17. The molecule has 6 heteroatoms. The highest BCUT2D eigenvalue weighted by molar-refractivity contribution is 6.05. The summed E-state index contributed by atoms with van der Waals surface area (Å²) in [6, 6.07) is 14.0. The van der Waals surface area contributed by atoms with E-state index in [0.29, 0.717) is 35.8 Å². The zero-order valence-corrected chi connectivity index (χ0v) is 12.6. The molecule has 1 heterocycles. The molecule has 0 bridgehead atoms. The minimum absolute atomic E-state index is 0.245. The van der Waals surface area contributed by atoms with Gasteiger partial charge in [0.2, 0.25) is 0 Å². The van der Waals surface area contributed by atoms with Gasteiger partial charge in [-0.1, -0.05) is 12.1 Å². The van der Waals surface area contributed by atoms with Crippen molar-refractivity contribution in [3.63, 3.8) is 0 Å². The van der Waals surface area contributed by atoms with E-state index in [9.17, 15) is 9.59 Å². The predicted octanol–water partition coefficient (Wildman–Crippen LogP) is 2.90. The van der Waals surface area contributed by atoms with Crippen LogP contribution in [0.3, 0.4) is 0 Å². The monoisotopic (exact) mass is 312 g/mol. The molecule has 0 radical (unpaired) electrons. The fourth-order valence-corrected chi connectivity index (χ4v) is 2.35. The molecule has 0 aromatic heterocycles. The second kappa shape index (κ2) is 6.39. The Kier molecular flexibility index (Phi) is 4.14. The summed E-state index contributed by atoms with van der Waals surface area (Å²) in [5.41, 5.74) is 1.79. The highest BCUT2D eigenvalue weighted by Gasteiger charge is 2.23. The molecule has 1 aliphatic rings. The Morgan fingerprint density at radius 1 is 1.22 bits per heavy atom. The number of ether oxygens (including phenoxy) is 2. The van der Waals surface area contributed by atoms with E-state index in [4.69, 9.17) is 9.47 Å². The summed E-state index contributed by atoms with van der Waals surface area (Å²) in [7, 11) is 1.55. The van der Waals surface area contributed by atoms with Crippen molar-refractivity contribution in [2.24, 2.45) is 0 Å². The lowest BCUT2D eigenvalue weighted by molar-refractivity contribution is 0.102. The van der Waals surface area contributed by atoms with Gasteiger partial charge in [-0.15, -0.1) is 0 Å². The lowest BCUT2D eigenvalue weighted by Crippen LogP contribution is -2.23. The quantitative estimate of drug-likeness (QED) is 0.942. The van der Waals surface area contributed by atoms with Crippen molar-refractivity contribution in [2.75, 3.05) is 30.5 Å². The van der Waals surface area contributed by atoms with Gasteiger partial charge >= 0.3 is 6.09 Å². The SMILES string of the molecule is COc1cccc(C(=O)Nc2cccc(N3CCOC3=O)c2)c1. The number of anilines is 2. The lowest BCUT2D eigenvalue weighted by Gasteiger charge is -2.14. The van der Waals surface area contributed by atoms with Crippen LogP contribution >= 0.6 is 0 Å². The molecule has 0 aliphatic carbocycles. The second-order valence-electron chi connectivity index (χ2n) is 5.00. The van der Waals surface area contributed by atoms with E-state index < -0.39 is 0 Å². The van der Waals surface area contributed by atoms with Gasteiger partial charge in [0.05, 0.1) is 13.7 Å². The number of cyclic esters (lactones) is 1. The number of amides is 2. The first-order chi connectivity index (χ1) is 11.2. The van der Waals surface area contributed by atoms with Crippen LogP contribution in [0.1, 0.15) is 10.4 Å². The smallest absolute Gasteiger partial charge is 0.414 e. The van der Waals surface area contributed by atoms with Gasteiger partial charge in [0, 0.05) is 16.9 Å². The number of methoxy groups -OCH3 is 1. The zero-order valence-electron chi connectivity index (χ0n) is 12.6. The van der Waals surface area contributed by atoms with Crippen molar-refractivity contribution >= 4 is 23.4 Å². The summed E-state index contributed by atoms with van der Waals surface area (Å²) in [5, 5.41) is 2.81. The van der Waals surface area contributed by atoms with Crippen LogP contribution < -0.4 is 15.0 Å². The Bertz CT molecular complexity index is 745. The number of benzene rings is 2. The molecule has 2 amide bonds. The Morgan fingerprint density at radius 2 is 2.04 bits per heavy atom. The van der Waals surface area contributed by atoms with Crippen molar-refractivity contribution in [1.29, 1.82) is 0 Å². The van der Waals surface area contributed by atoms with E-state index in [1.54, 1.807) is 55.6 Å². The van der Waals surface area contributed by atoms with Crippen LogP contribution in [0.25, 0.3) is 0 Å². The molecule has 23 heavy (non-hydrogen) atoms. The van der Waals surface area contributed by atoms with Crippen molar-refractivity contribution < 1.29 is 19.1 Å². The summed E-state index contributed by atoms with van der Waals surface area (Å²) in [5.74, 6) is 0.372. The highest BCUT2D eigenvalue weighted by atomic mass is 16.6. The molecule has 2 aromatic carbocycles. The van der Waals surface area contributed by atoms with E-state index in [2.05, 4.69) is 5.32 Å². The lowest BCUT2D eigenvalue weighted by atomic mass is 10.2. The van der Waals surface area contributed by atoms with Gasteiger partial charge in [0.25, 0.3) is 5.91 Å². The second-order valence-corrected chi connectivity index (χ2v) is 5.00. The maximum absolute atomic E-state index is 12.3. The first kappa shape index (κ1) is 14.9. The van der Waals surface area contributed by atoms with Crippen LogP contribution in [-0.2, 0) is 4.74 Å². The number of carbonyl (C=O) groups is 2. The molecular formula is C17H16N2O4. The molecule has 2 aromatic rings. The van der Waals surface area contributed by atoms with Crippen LogP contribution in [0.5, 0.6) is 5.75 Å². The maximum Gasteiger partial charge on any atom is 0.414 e. The average molecular weight is 312 g/mol. The molecule has 118 valence electrons. The van der Waals surface area contributed by atoms with Gasteiger partial charge in [-0.25, -0.2) is 4.79 Å². The molecule has 0 saturated carbocycles. The molecule has 1 fully saturated rings. The van der Waals surface area contributed by atoms with Gasteiger partial charge in [0.1, 0.15) is 12.4 Å². The first-order valence-electron chi connectivity index (χ1n) is 7.17. The molecule has 1 N–H and O–H groups in total. The van der Waals surface area contributed by atoms with E-state index in [-0.39, 0.29) is 12.0 Å². The van der Waals surface area contributed by atoms with Gasteiger partial charge in [0.15, 0.2) is 0 Å². The van der Waals surface area contributed by atoms with Crippen molar-refractivity contribution in [3.05, 3.63) is 54.1 Å². The average Bonchev–Trinajstić information content (AvgIpc) is 3.01. The number of hydrogen-bond donors (Lipinski definition) is 1. The van der Waals surface area contributed by atoms with Crippen LogP contribution in [0.15, 0.2) is 48.5 Å². The molecule has 1 saturated heterocycles. The fourth-order valence-electron chi connectivity index (χ4n) is 2.35. The summed E-state index contributed by atoms with van der Waals surface area (Å²) in [4.78, 5) is 25.4. The van der Waals surface area contributed by atoms with Gasteiger partial charge < -0.3 is 14.8 Å². The zero-order chi connectivity index (χ0) is 16.2. The normalized spacial score (nSPS) is 13.6. The topological polar surface area (TPSA) is 67.9 Å². The Balaban J connectivity index is 1.77. The minimum Gasteiger partial charge on any atom is -0.497 e. The third-order valence-corrected chi connectivity index (χ3v) is 3.51. The third kappa shape index (κ3) is 3.26. The summed E-state index contributed by atoms with van der Waals surface area (Å²) >= 11 is 0. The van der Waals surface area contributed by atoms with E-state index in [1.165, 1.54) is 4.90 Å². The molecule has 6 nitrogen and oxygen atoms in total. The van der Waals surface area contributed by atoms with Gasteiger partial charge in [-0.2, -0.15) is 0 Å². The van der Waals surface area contributed by atoms with E-state index in [0.717, 1.165) is 0 Å². The standard InChI is InChI=1S/C17H16N2O4/c1-22-15-7-2-4-12(10-15)16(20)18-13-5-3-6-14(11-13)19-8-9-23-17(19)21/h2-7,10-11H,8-9H2,1H3,(H,18,20). The Hall–Kier alpha value is -3.02. The van der Waals surface area contributed by atoms with E-state index >= 15 is 0 Å². The molecule has 0 unspecified atom stereocenters. The fraction of sp³-hybridized carbons (Fsp3) is 0.176. The van der Waals surface area contributed by atoms with Crippen LogP contribution in [0, 0.1) is 0 Å². The number of rotatable bonds is 4. The van der Waals surface area contributed by atoms with Crippen molar-refractivity contribution in [3.8, 4) is 5.75 Å². The number of hydrogen-bond acceptors (Lipinski definition) is 4. The predicted molar refractivity (Wildman–Crippen MR) is 86.1 cm³/mol. The van der Waals surface area contributed by atoms with Crippen LogP contribution in [0.2, 0.25) is 0 Å². The number of nitrogens with zero attached hydrogens (tertiary/aromatic N) is 1. The molecule has 1 aliphatic heterocycles. The maximum atomic E-state index is 12.3. The van der Waals surface area contributed by atoms with Crippen LogP contribution in [-0.4, -0.2) is 32.3 Å². The highest BCUT2D eigenvalue weighted by Crippen LogP contribution is 2.23. The third-order valence-electron chi connectivity index (χ3n) is 3.51. The van der Waals surface area contributed by atoms with Crippen molar-refractivity contribution in [1.82, 2.24) is 0 Å². The van der Waals surface area contributed by atoms with Gasteiger partial charge in [-0.05, 0) is 36.4 Å². The minimum atomic E-state index is -0.374.